The summed E-state index contributed by atoms with van der Waals surface area (Å²) >= 11 is 0. The van der Waals surface area contributed by atoms with Crippen LogP contribution < -0.4 is 0 Å². The molecule has 1 amide bonds. The molecule has 8 heteroatoms. The van der Waals surface area contributed by atoms with Crippen molar-refractivity contribution in [1.29, 1.82) is 0 Å². The van der Waals surface area contributed by atoms with E-state index in [1.807, 2.05) is 0 Å². The summed E-state index contributed by atoms with van der Waals surface area (Å²) in [6, 6.07) is 6.57. The summed E-state index contributed by atoms with van der Waals surface area (Å²) < 4.78 is 40.3. The van der Waals surface area contributed by atoms with Crippen LogP contribution in [-0.2, 0) is 23.1 Å². The van der Waals surface area contributed by atoms with Crippen LogP contribution in [0.3, 0.4) is 0 Å². The van der Waals surface area contributed by atoms with Crippen molar-refractivity contribution in [1.82, 2.24) is 14.7 Å². The predicted octanol–water partition coefficient (Wildman–Crippen LogP) is 2.80. The average molecular weight is 367 g/mol. The van der Waals surface area contributed by atoms with Crippen LogP contribution in [0.1, 0.15) is 30.4 Å². The minimum absolute atomic E-state index is 0.0495. The van der Waals surface area contributed by atoms with Gasteiger partial charge in [-0.3, -0.25) is 9.48 Å². The Morgan fingerprint density at radius 2 is 1.96 bits per heavy atom. The quantitative estimate of drug-likeness (QED) is 0.904. The fourth-order valence-electron chi connectivity index (χ4n) is 3.20. The summed E-state index contributed by atoms with van der Waals surface area (Å²) in [6.45, 7) is 1.09. The van der Waals surface area contributed by atoms with Crippen molar-refractivity contribution in [2.75, 3.05) is 13.1 Å². The highest BCUT2D eigenvalue weighted by molar-refractivity contribution is 5.76. The van der Waals surface area contributed by atoms with Gasteiger partial charge in [0.25, 0.3) is 0 Å². The van der Waals surface area contributed by atoms with Crippen molar-refractivity contribution in [2.45, 2.75) is 37.6 Å². The number of hydrogen-bond acceptors (Lipinski definition) is 3. The van der Waals surface area contributed by atoms with Gasteiger partial charge in [-0.25, -0.2) is 0 Å². The topological polar surface area (TPSA) is 58.4 Å². The molecule has 1 N–H and O–H groups in total. The van der Waals surface area contributed by atoms with Gasteiger partial charge < -0.3 is 10.0 Å². The number of halogens is 3. The molecule has 1 fully saturated rings. The number of rotatable bonds is 4. The fourth-order valence-corrected chi connectivity index (χ4v) is 3.20. The van der Waals surface area contributed by atoms with E-state index in [-0.39, 0.29) is 24.3 Å². The van der Waals surface area contributed by atoms with Crippen molar-refractivity contribution in [2.24, 2.45) is 0 Å². The molecule has 0 atom stereocenters. The van der Waals surface area contributed by atoms with E-state index in [2.05, 4.69) is 5.10 Å². The first kappa shape index (κ1) is 18.4. The number of carbonyl (C=O) groups is 1. The number of amides is 1. The molecule has 0 spiro atoms. The molecule has 0 unspecified atom stereocenters. The van der Waals surface area contributed by atoms with E-state index >= 15 is 0 Å². The third-order valence-corrected chi connectivity index (χ3v) is 4.78. The first-order valence-electron chi connectivity index (χ1n) is 8.43. The van der Waals surface area contributed by atoms with Crippen LogP contribution in [0.15, 0.2) is 42.7 Å². The van der Waals surface area contributed by atoms with Gasteiger partial charge in [0, 0.05) is 38.4 Å². The first-order valence-corrected chi connectivity index (χ1v) is 8.43. The van der Waals surface area contributed by atoms with E-state index in [4.69, 9.17) is 0 Å². The molecule has 2 aromatic rings. The van der Waals surface area contributed by atoms with Gasteiger partial charge >= 0.3 is 6.18 Å². The number of aryl methyl sites for hydroxylation is 1. The number of benzene rings is 1. The highest BCUT2D eigenvalue weighted by Crippen LogP contribution is 2.36. The monoisotopic (exact) mass is 367 g/mol. The Balaban J connectivity index is 1.61. The molecule has 0 radical (unpaired) electrons. The van der Waals surface area contributed by atoms with Crippen molar-refractivity contribution in [3.05, 3.63) is 53.9 Å². The first-order chi connectivity index (χ1) is 12.3. The molecule has 1 saturated heterocycles. The van der Waals surface area contributed by atoms with E-state index in [0.717, 1.165) is 12.1 Å². The molecule has 0 aliphatic carbocycles. The lowest BCUT2D eigenvalue weighted by molar-refractivity contribution is -0.137. The Morgan fingerprint density at radius 3 is 2.58 bits per heavy atom. The number of aromatic nitrogens is 2. The molecule has 5 nitrogen and oxygen atoms in total. The van der Waals surface area contributed by atoms with Gasteiger partial charge in [0.1, 0.15) is 0 Å². The normalized spacial score (nSPS) is 17.3. The molecule has 0 bridgehead atoms. The molecular weight excluding hydrogens is 347 g/mol. The van der Waals surface area contributed by atoms with Crippen molar-refractivity contribution in [3.8, 4) is 0 Å². The Labute approximate surface area is 149 Å². The molecular formula is C18H20F3N3O2. The zero-order chi connectivity index (χ0) is 18.8. The largest absolute Gasteiger partial charge is 0.416 e. The number of carbonyl (C=O) groups excluding carboxylic acids is 1. The standard InChI is InChI=1S/C18H20F3N3O2/c19-18(20,21)15-4-1-3-14(13-15)17(26)6-11-23(12-7-17)16(25)5-10-24-9-2-8-22-24/h1-4,8-9,13,26H,5-7,10-12H2. The maximum atomic E-state index is 12.9. The number of hydrogen-bond donors (Lipinski definition) is 1. The number of aliphatic hydroxyl groups is 1. The van der Waals surface area contributed by atoms with E-state index < -0.39 is 17.3 Å². The molecule has 2 heterocycles. The average Bonchev–Trinajstić information content (AvgIpc) is 3.13. The van der Waals surface area contributed by atoms with Gasteiger partial charge in [-0.1, -0.05) is 12.1 Å². The van der Waals surface area contributed by atoms with Gasteiger partial charge in [-0.05, 0) is 36.6 Å². The summed E-state index contributed by atoms with van der Waals surface area (Å²) in [4.78, 5) is 13.9. The zero-order valence-electron chi connectivity index (χ0n) is 14.1. The van der Waals surface area contributed by atoms with Crippen LogP contribution in [-0.4, -0.2) is 38.8 Å². The Hall–Kier alpha value is -2.35. The van der Waals surface area contributed by atoms with Crippen LogP contribution >= 0.6 is 0 Å². The van der Waals surface area contributed by atoms with Crippen LogP contribution in [0.2, 0.25) is 0 Å². The summed E-state index contributed by atoms with van der Waals surface area (Å²) in [6.07, 6.45) is -0.320. The van der Waals surface area contributed by atoms with Gasteiger partial charge in [0.15, 0.2) is 0 Å². The number of alkyl halides is 3. The maximum absolute atomic E-state index is 12.9. The lowest BCUT2D eigenvalue weighted by atomic mass is 9.83. The van der Waals surface area contributed by atoms with E-state index in [1.165, 1.54) is 12.1 Å². The Morgan fingerprint density at radius 1 is 1.23 bits per heavy atom. The third kappa shape index (κ3) is 4.07. The molecule has 3 rings (SSSR count). The fraction of sp³-hybridized carbons (Fsp3) is 0.444. The van der Waals surface area contributed by atoms with Gasteiger partial charge in [-0.2, -0.15) is 18.3 Å². The molecule has 26 heavy (non-hydrogen) atoms. The third-order valence-electron chi connectivity index (χ3n) is 4.78. The lowest BCUT2D eigenvalue weighted by Crippen LogP contribution is -2.45. The van der Waals surface area contributed by atoms with Gasteiger partial charge in [-0.15, -0.1) is 0 Å². The highest BCUT2D eigenvalue weighted by atomic mass is 19.4. The number of piperidine rings is 1. The molecule has 0 saturated carbocycles. The zero-order valence-corrected chi connectivity index (χ0v) is 14.1. The molecule has 1 aromatic carbocycles. The van der Waals surface area contributed by atoms with Crippen LogP contribution in [0, 0.1) is 0 Å². The second kappa shape index (κ2) is 7.11. The number of nitrogens with zero attached hydrogens (tertiary/aromatic N) is 3. The molecule has 140 valence electrons. The van der Waals surface area contributed by atoms with E-state index in [1.54, 1.807) is 28.0 Å². The second-order valence-corrected chi connectivity index (χ2v) is 6.51. The highest BCUT2D eigenvalue weighted by Gasteiger charge is 2.37. The van der Waals surface area contributed by atoms with Crippen LogP contribution in [0.4, 0.5) is 13.2 Å². The van der Waals surface area contributed by atoms with Crippen molar-refractivity contribution >= 4 is 5.91 Å². The van der Waals surface area contributed by atoms with Crippen molar-refractivity contribution < 1.29 is 23.1 Å². The van der Waals surface area contributed by atoms with Gasteiger partial charge in [0.05, 0.1) is 11.2 Å². The lowest BCUT2D eigenvalue weighted by Gasteiger charge is -2.38. The summed E-state index contributed by atoms with van der Waals surface area (Å²) in [5.41, 5.74) is -1.88. The summed E-state index contributed by atoms with van der Waals surface area (Å²) in [5.74, 6) is -0.0495. The van der Waals surface area contributed by atoms with Crippen LogP contribution in [0.5, 0.6) is 0 Å². The van der Waals surface area contributed by atoms with E-state index in [9.17, 15) is 23.1 Å². The molecule has 1 aliphatic rings. The Kier molecular flexibility index (Phi) is 5.04. The van der Waals surface area contributed by atoms with Crippen LogP contribution in [0.25, 0.3) is 0 Å². The summed E-state index contributed by atoms with van der Waals surface area (Å²) in [7, 11) is 0. The van der Waals surface area contributed by atoms with Crippen molar-refractivity contribution in [3.63, 3.8) is 0 Å². The minimum atomic E-state index is -4.45. The molecule has 1 aliphatic heterocycles. The smallest absolute Gasteiger partial charge is 0.385 e. The van der Waals surface area contributed by atoms with E-state index in [0.29, 0.717) is 26.1 Å². The van der Waals surface area contributed by atoms with Gasteiger partial charge in [0.2, 0.25) is 5.91 Å². The molecule has 1 aromatic heterocycles. The second-order valence-electron chi connectivity index (χ2n) is 6.51. The summed E-state index contributed by atoms with van der Waals surface area (Å²) in [5, 5.41) is 14.8. The number of likely N-dealkylation sites (tertiary alicyclic amines) is 1. The Bertz CT molecular complexity index is 751. The SMILES string of the molecule is O=C(CCn1cccn1)N1CCC(O)(c2cccc(C(F)(F)F)c2)CC1. The maximum Gasteiger partial charge on any atom is 0.416 e. The minimum Gasteiger partial charge on any atom is -0.385 e. The predicted molar refractivity (Wildman–Crippen MR) is 88.0 cm³/mol.